The lowest BCUT2D eigenvalue weighted by Crippen LogP contribution is -2.40. The van der Waals surface area contributed by atoms with E-state index in [2.05, 4.69) is 80.4 Å². The zero-order valence-corrected chi connectivity index (χ0v) is 17.1. The van der Waals surface area contributed by atoms with Gasteiger partial charge >= 0.3 is 0 Å². The van der Waals surface area contributed by atoms with Gasteiger partial charge in [-0.25, -0.2) is 0 Å². The van der Waals surface area contributed by atoms with Crippen molar-refractivity contribution in [1.82, 2.24) is 10.2 Å². The highest BCUT2D eigenvalue weighted by molar-refractivity contribution is 5.79. The molecule has 1 amide bonds. The fraction of sp³-hybridized carbons (Fsp3) is 0.458. The standard InChI is InChI=1S/C24H32N2O/c1-17-5-8-21(9-6-17)16-26-13-11-22(12-14-26)24(27)25-20(4)23-10-7-18(2)19(3)15-23/h5-10,15,20,22H,11-14,16H2,1-4H3,(H,25,27)/t20-/m1/s1. The Balaban J connectivity index is 1.49. The van der Waals surface area contributed by atoms with Crippen molar-refractivity contribution >= 4 is 5.91 Å². The Hall–Kier alpha value is -2.13. The molecule has 0 bridgehead atoms. The first kappa shape index (κ1) is 19.6. The molecule has 0 unspecified atom stereocenters. The monoisotopic (exact) mass is 364 g/mol. The van der Waals surface area contributed by atoms with E-state index in [1.165, 1.54) is 27.8 Å². The molecule has 3 nitrogen and oxygen atoms in total. The molecule has 27 heavy (non-hydrogen) atoms. The number of carbonyl (C=O) groups excluding carboxylic acids is 1. The van der Waals surface area contributed by atoms with Crippen LogP contribution in [0.1, 0.15) is 53.6 Å². The Kier molecular flexibility index (Phi) is 6.33. The summed E-state index contributed by atoms with van der Waals surface area (Å²) in [6, 6.07) is 15.3. The molecule has 1 saturated heterocycles. The van der Waals surface area contributed by atoms with Crippen LogP contribution in [-0.4, -0.2) is 23.9 Å². The maximum atomic E-state index is 12.7. The highest BCUT2D eigenvalue weighted by Gasteiger charge is 2.26. The van der Waals surface area contributed by atoms with E-state index < -0.39 is 0 Å². The normalized spacial score (nSPS) is 16.9. The molecule has 0 aromatic heterocycles. The molecule has 1 fully saturated rings. The summed E-state index contributed by atoms with van der Waals surface area (Å²) in [6.45, 7) is 11.4. The summed E-state index contributed by atoms with van der Waals surface area (Å²) in [5.74, 6) is 0.337. The highest BCUT2D eigenvalue weighted by Crippen LogP contribution is 2.22. The van der Waals surface area contributed by atoms with Gasteiger partial charge in [0.25, 0.3) is 0 Å². The number of rotatable bonds is 5. The van der Waals surface area contributed by atoms with Crippen LogP contribution in [0.25, 0.3) is 0 Å². The maximum absolute atomic E-state index is 12.7. The van der Waals surface area contributed by atoms with E-state index >= 15 is 0 Å². The predicted molar refractivity (Wildman–Crippen MR) is 112 cm³/mol. The molecule has 1 aliphatic heterocycles. The van der Waals surface area contributed by atoms with Crippen molar-refractivity contribution in [3.05, 3.63) is 70.3 Å². The lowest BCUT2D eigenvalue weighted by atomic mass is 9.94. The minimum Gasteiger partial charge on any atom is -0.349 e. The van der Waals surface area contributed by atoms with Gasteiger partial charge in [0.1, 0.15) is 0 Å². The van der Waals surface area contributed by atoms with Crippen molar-refractivity contribution in [2.45, 2.75) is 53.1 Å². The van der Waals surface area contributed by atoms with Gasteiger partial charge in [0.15, 0.2) is 0 Å². The number of hydrogen-bond acceptors (Lipinski definition) is 2. The van der Waals surface area contributed by atoms with Crippen LogP contribution in [0.5, 0.6) is 0 Å². The summed E-state index contributed by atoms with van der Waals surface area (Å²) >= 11 is 0. The third kappa shape index (κ3) is 5.20. The Bertz CT molecular complexity index is 773. The molecular formula is C24H32N2O. The van der Waals surface area contributed by atoms with Gasteiger partial charge < -0.3 is 5.32 Å². The minimum absolute atomic E-state index is 0.0578. The largest absolute Gasteiger partial charge is 0.349 e. The topological polar surface area (TPSA) is 32.3 Å². The number of piperidine rings is 1. The highest BCUT2D eigenvalue weighted by atomic mass is 16.1. The van der Waals surface area contributed by atoms with Gasteiger partial charge in [-0.05, 0) is 75.9 Å². The van der Waals surface area contributed by atoms with Crippen molar-refractivity contribution < 1.29 is 4.79 Å². The number of carbonyl (C=O) groups is 1. The van der Waals surface area contributed by atoms with Gasteiger partial charge in [0.05, 0.1) is 6.04 Å². The number of likely N-dealkylation sites (tertiary alicyclic amines) is 1. The summed E-state index contributed by atoms with van der Waals surface area (Å²) < 4.78 is 0. The number of nitrogens with zero attached hydrogens (tertiary/aromatic N) is 1. The third-order valence-corrected chi connectivity index (χ3v) is 5.87. The van der Waals surface area contributed by atoms with Crippen molar-refractivity contribution in [1.29, 1.82) is 0 Å². The summed E-state index contributed by atoms with van der Waals surface area (Å²) in [6.07, 6.45) is 1.88. The number of amides is 1. The van der Waals surface area contributed by atoms with Gasteiger partial charge in [-0.2, -0.15) is 0 Å². The Morgan fingerprint density at radius 3 is 2.33 bits per heavy atom. The second kappa shape index (κ2) is 8.71. The number of hydrogen-bond donors (Lipinski definition) is 1. The van der Waals surface area contributed by atoms with Crippen molar-refractivity contribution in [3.8, 4) is 0 Å². The quantitative estimate of drug-likeness (QED) is 0.834. The molecule has 2 aromatic carbocycles. The second-order valence-electron chi connectivity index (χ2n) is 8.11. The summed E-state index contributed by atoms with van der Waals surface area (Å²) in [4.78, 5) is 15.2. The molecule has 2 aromatic rings. The average Bonchev–Trinajstić information content (AvgIpc) is 2.66. The average molecular weight is 365 g/mol. The first-order chi connectivity index (χ1) is 12.9. The fourth-order valence-corrected chi connectivity index (χ4v) is 3.75. The summed E-state index contributed by atoms with van der Waals surface area (Å²) in [5.41, 5.74) is 6.40. The predicted octanol–water partition coefficient (Wildman–Crippen LogP) is 4.70. The van der Waals surface area contributed by atoms with E-state index in [-0.39, 0.29) is 17.9 Å². The molecule has 0 saturated carbocycles. The van der Waals surface area contributed by atoms with E-state index in [4.69, 9.17) is 0 Å². The van der Waals surface area contributed by atoms with Crippen LogP contribution < -0.4 is 5.32 Å². The minimum atomic E-state index is 0.0578. The first-order valence-corrected chi connectivity index (χ1v) is 10.1. The first-order valence-electron chi connectivity index (χ1n) is 10.1. The zero-order valence-electron chi connectivity index (χ0n) is 17.1. The van der Waals surface area contributed by atoms with E-state index in [0.29, 0.717) is 0 Å². The molecule has 3 heteroatoms. The Morgan fingerprint density at radius 1 is 1.04 bits per heavy atom. The molecule has 0 aliphatic carbocycles. The van der Waals surface area contributed by atoms with Gasteiger partial charge in [-0.1, -0.05) is 48.0 Å². The third-order valence-electron chi connectivity index (χ3n) is 5.87. The van der Waals surface area contributed by atoms with Gasteiger partial charge in [0, 0.05) is 12.5 Å². The molecule has 144 valence electrons. The molecule has 1 heterocycles. The van der Waals surface area contributed by atoms with E-state index in [1.54, 1.807) is 0 Å². The lowest BCUT2D eigenvalue weighted by Gasteiger charge is -2.32. The SMILES string of the molecule is Cc1ccc(CN2CCC(C(=O)N[C@H](C)c3ccc(C)c(C)c3)CC2)cc1. The fourth-order valence-electron chi connectivity index (χ4n) is 3.75. The smallest absolute Gasteiger partial charge is 0.223 e. The lowest BCUT2D eigenvalue weighted by molar-refractivity contribution is -0.127. The Morgan fingerprint density at radius 2 is 1.70 bits per heavy atom. The summed E-state index contributed by atoms with van der Waals surface area (Å²) in [7, 11) is 0. The van der Waals surface area contributed by atoms with Gasteiger partial charge in [-0.3, -0.25) is 9.69 Å². The number of nitrogens with one attached hydrogen (secondary N) is 1. The van der Waals surface area contributed by atoms with Crippen molar-refractivity contribution in [3.63, 3.8) is 0 Å². The van der Waals surface area contributed by atoms with Crippen LogP contribution in [0.15, 0.2) is 42.5 Å². The molecular weight excluding hydrogens is 332 g/mol. The molecule has 1 N–H and O–H groups in total. The maximum Gasteiger partial charge on any atom is 0.223 e. The van der Waals surface area contributed by atoms with Crippen LogP contribution in [0.3, 0.4) is 0 Å². The van der Waals surface area contributed by atoms with Crippen molar-refractivity contribution in [2.75, 3.05) is 13.1 Å². The van der Waals surface area contributed by atoms with Crippen LogP contribution in [-0.2, 0) is 11.3 Å². The van der Waals surface area contributed by atoms with Crippen LogP contribution in [0.2, 0.25) is 0 Å². The molecule has 1 atom stereocenters. The molecule has 0 spiro atoms. The van der Waals surface area contributed by atoms with Crippen LogP contribution in [0, 0.1) is 26.7 Å². The second-order valence-corrected chi connectivity index (χ2v) is 8.11. The zero-order chi connectivity index (χ0) is 19.4. The van der Waals surface area contributed by atoms with Crippen LogP contribution >= 0.6 is 0 Å². The molecule has 0 radical (unpaired) electrons. The van der Waals surface area contributed by atoms with Crippen molar-refractivity contribution in [2.24, 2.45) is 5.92 Å². The van der Waals surface area contributed by atoms with Gasteiger partial charge in [0.2, 0.25) is 5.91 Å². The summed E-state index contributed by atoms with van der Waals surface area (Å²) in [5, 5.41) is 3.23. The number of aryl methyl sites for hydroxylation is 3. The van der Waals surface area contributed by atoms with E-state index in [0.717, 1.165) is 32.5 Å². The van der Waals surface area contributed by atoms with Gasteiger partial charge in [-0.15, -0.1) is 0 Å². The number of benzene rings is 2. The Labute approximate surface area is 163 Å². The van der Waals surface area contributed by atoms with Crippen LogP contribution in [0.4, 0.5) is 0 Å². The van der Waals surface area contributed by atoms with E-state index in [9.17, 15) is 4.79 Å². The van der Waals surface area contributed by atoms with E-state index in [1.807, 2.05) is 0 Å². The molecule has 3 rings (SSSR count). The molecule has 1 aliphatic rings.